The Hall–Kier alpha value is -3.55. The van der Waals surface area contributed by atoms with Crippen molar-refractivity contribution >= 4 is 11.8 Å². The predicted molar refractivity (Wildman–Crippen MR) is 101 cm³/mol. The molecule has 0 N–H and O–H groups in total. The van der Waals surface area contributed by atoms with Gasteiger partial charge in [-0.05, 0) is 35.9 Å². The fourth-order valence-corrected chi connectivity index (χ4v) is 3.11. The van der Waals surface area contributed by atoms with Gasteiger partial charge in [-0.15, -0.1) is 0 Å². The van der Waals surface area contributed by atoms with Gasteiger partial charge in [0.15, 0.2) is 24.0 Å². The van der Waals surface area contributed by atoms with Gasteiger partial charge in [0, 0.05) is 24.5 Å². The van der Waals surface area contributed by atoms with E-state index in [1.807, 2.05) is 0 Å². The van der Waals surface area contributed by atoms with Gasteiger partial charge in [-0.2, -0.15) is 0 Å². The van der Waals surface area contributed by atoms with Gasteiger partial charge in [0.2, 0.25) is 0 Å². The molecule has 0 aliphatic carbocycles. The van der Waals surface area contributed by atoms with Gasteiger partial charge in [0.25, 0.3) is 0 Å². The number of carbonyl (C=O) groups excluding carboxylic acids is 2. The van der Waals surface area contributed by atoms with Crippen molar-refractivity contribution in [1.29, 1.82) is 0 Å². The number of fused-ring (bicyclic) bond motifs is 1. The van der Waals surface area contributed by atoms with Crippen molar-refractivity contribution in [2.24, 2.45) is 0 Å². The molecular weight excluding hydrogens is 396 g/mol. The lowest BCUT2D eigenvalue weighted by molar-refractivity contribution is -0.142. The molecule has 6 nitrogen and oxygen atoms in total. The first-order chi connectivity index (χ1) is 14.5. The first-order valence-electron chi connectivity index (χ1n) is 9.34. The van der Waals surface area contributed by atoms with Gasteiger partial charge in [0.1, 0.15) is 17.4 Å². The second-order valence-electron chi connectivity index (χ2n) is 6.75. The standard InChI is InChI=1S/C22H17F2NO5/c23-15-2-3-16(17(24)10-15)20-11-25-21(30-20)5-6-22(27)29-12-18(26)13-1-4-19-14(9-13)7-8-28-19/h1-4,9-11H,5-8,12H2. The van der Waals surface area contributed by atoms with Gasteiger partial charge in [0.05, 0.1) is 24.8 Å². The summed E-state index contributed by atoms with van der Waals surface area (Å²) in [4.78, 5) is 28.2. The van der Waals surface area contributed by atoms with Crippen molar-refractivity contribution in [3.8, 4) is 17.1 Å². The first-order valence-corrected chi connectivity index (χ1v) is 9.34. The van der Waals surface area contributed by atoms with E-state index in [2.05, 4.69) is 4.98 Å². The van der Waals surface area contributed by atoms with Crippen LogP contribution in [0.4, 0.5) is 8.78 Å². The molecule has 0 saturated heterocycles. The molecule has 4 rings (SSSR count). The number of hydrogen-bond acceptors (Lipinski definition) is 6. The molecule has 2 aromatic carbocycles. The van der Waals surface area contributed by atoms with E-state index in [1.165, 1.54) is 12.3 Å². The van der Waals surface area contributed by atoms with Gasteiger partial charge >= 0.3 is 5.97 Å². The van der Waals surface area contributed by atoms with E-state index in [0.29, 0.717) is 12.2 Å². The van der Waals surface area contributed by atoms with Crippen molar-refractivity contribution in [2.45, 2.75) is 19.3 Å². The van der Waals surface area contributed by atoms with E-state index in [9.17, 15) is 18.4 Å². The Morgan fingerprint density at radius 2 is 2.00 bits per heavy atom. The average Bonchev–Trinajstić information content (AvgIpc) is 3.39. The summed E-state index contributed by atoms with van der Waals surface area (Å²) >= 11 is 0. The summed E-state index contributed by atoms with van der Waals surface area (Å²) in [5, 5.41) is 0. The predicted octanol–water partition coefficient (Wildman–Crippen LogP) is 3.91. The van der Waals surface area contributed by atoms with Crippen LogP contribution < -0.4 is 4.74 Å². The van der Waals surface area contributed by atoms with Crippen LogP contribution in [0, 0.1) is 11.6 Å². The summed E-state index contributed by atoms with van der Waals surface area (Å²) in [6.07, 6.45) is 2.11. The molecule has 0 spiro atoms. The third-order valence-corrected chi connectivity index (χ3v) is 4.67. The average molecular weight is 413 g/mol. The quantitative estimate of drug-likeness (QED) is 0.432. The maximum Gasteiger partial charge on any atom is 0.306 e. The summed E-state index contributed by atoms with van der Waals surface area (Å²) in [5.74, 6) is -1.24. The molecule has 0 bridgehead atoms. The van der Waals surface area contributed by atoms with Crippen molar-refractivity contribution in [2.75, 3.05) is 13.2 Å². The maximum absolute atomic E-state index is 13.8. The van der Waals surface area contributed by atoms with E-state index in [0.717, 1.165) is 29.9 Å². The SMILES string of the molecule is O=C(CCc1ncc(-c2ccc(F)cc2F)o1)OCC(=O)c1ccc2c(c1)CCO2. The normalized spacial score (nSPS) is 12.3. The van der Waals surface area contributed by atoms with Gasteiger partial charge in [-0.1, -0.05) is 0 Å². The summed E-state index contributed by atoms with van der Waals surface area (Å²) in [5.41, 5.74) is 1.50. The van der Waals surface area contributed by atoms with E-state index in [1.54, 1.807) is 18.2 Å². The van der Waals surface area contributed by atoms with Crippen molar-refractivity contribution in [1.82, 2.24) is 4.98 Å². The Labute approximate surface area is 170 Å². The number of halogens is 2. The lowest BCUT2D eigenvalue weighted by Gasteiger charge is -2.05. The molecule has 30 heavy (non-hydrogen) atoms. The first kappa shape index (κ1) is 19.8. The number of aryl methyl sites for hydroxylation is 1. The highest BCUT2D eigenvalue weighted by Crippen LogP contribution is 2.26. The molecule has 0 fully saturated rings. The highest BCUT2D eigenvalue weighted by molar-refractivity contribution is 5.98. The lowest BCUT2D eigenvalue weighted by atomic mass is 10.1. The number of Topliss-reactive ketones (excluding diaryl/α,β-unsaturated/α-hetero) is 1. The number of carbonyl (C=O) groups is 2. The van der Waals surface area contributed by atoms with Crippen LogP contribution in [0.15, 0.2) is 47.0 Å². The topological polar surface area (TPSA) is 78.6 Å². The highest BCUT2D eigenvalue weighted by atomic mass is 19.1. The zero-order chi connectivity index (χ0) is 21.1. The smallest absolute Gasteiger partial charge is 0.306 e. The summed E-state index contributed by atoms with van der Waals surface area (Å²) < 4.78 is 42.7. The van der Waals surface area contributed by atoms with Gasteiger partial charge in [-0.3, -0.25) is 9.59 Å². The summed E-state index contributed by atoms with van der Waals surface area (Å²) in [6, 6.07) is 8.24. The van der Waals surface area contributed by atoms with Gasteiger partial charge in [-0.25, -0.2) is 13.8 Å². The van der Waals surface area contributed by atoms with Crippen LogP contribution in [0.2, 0.25) is 0 Å². The number of ether oxygens (including phenoxy) is 2. The maximum atomic E-state index is 13.8. The molecule has 154 valence electrons. The molecule has 8 heteroatoms. The van der Waals surface area contributed by atoms with Crippen LogP contribution in [-0.4, -0.2) is 30.0 Å². The molecule has 0 radical (unpaired) electrons. The van der Waals surface area contributed by atoms with Crippen LogP contribution in [0.3, 0.4) is 0 Å². The molecule has 3 aromatic rings. The summed E-state index contributed by atoms with van der Waals surface area (Å²) in [7, 11) is 0. The molecule has 0 saturated carbocycles. The zero-order valence-corrected chi connectivity index (χ0v) is 15.8. The minimum absolute atomic E-state index is 0.0584. The minimum Gasteiger partial charge on any atom is -0.493 e. The Morgan fingerprint density at radius 3 is 2.83 bits per heavy atom. The molecule has 2 heterocycles. The Morgan fingerprint density at radius 1 is 1.13 bits per heavy atom. The fourth-order valence-electron chi connectivity index (χ4n) is 3.11. The van der Waals surface area contributed by atoms with E-state index < -0.39 is 17.6 Å². The third kappa shape index (κ3) is 4.37. The largest absolute Gasteiger partial charge is 0.493 e. The van der Waals surface area contributed by atoms with Crippen LogP contribution in [-0.2, 0) is 22.4 Å². The van der Waals surface area contributed by atoms with Crippen LogP contribution in [0.25, 0.3) is 11.3 Å². The number of aromatic nitrogens is 1. The highest BCUT2D eigenvalue weighted by Gasteiger charge is 2.17. The number of oxazole rings is 1. The number of hydrogen-bond donors (Lipinski definition) is 0. The molecule has 0 amide bonds. The van der Waals surface area contributed by atoms with E-state index in [-0.39, 0.29) is 42.4 Å². The Bertz CT molecular complexity index is 1110. The van der Waals surface area contributed by atoms with Crippen LogP contribution in [0.5, 0.6) is 5.75 Å². The zero-order valence-electron chi connectivity index (χ0n) is 15.8. The molecule has 0 atom stereocenters. The summed E-state index contributed by atoms with van der Waals surface area (Å²) in [6.45, 7) is 0.231. The fraction of sp³-hybridized carbons (Fsp3) is 0.227. The monoisotopic (exact) mass is 413 g/mol. The number of rotatable bonds is 7. The van der Waals surface area contributed by atoms with E-state index in [4.69, 9.17) is 13.9 Å². The molecule has 1 aliphatic heterocycles. The van der Waals surface area contributed by atoms with Crippen LogP contribution in [0.1, 0.15) is 28.2 Å². The lowest BCUT2D eigenvalue weighted by Crippen LogP contribution is -2.14. The number of esters is 1. The van der Waals surface area contributed by atoms with Crippen molar-refractivity contribution in [3.63, 3.8) is 0 Å². The third-order valence-electron chi connectivity index (χ3n) is 4.67. The Balaban J connectivity index is 1.28. The molecule has 0 unspecified atom stereocenters. The molecular formula is C22H17F2NO5. The van der Waals surface area contributed by atoms with Crippen molar-refractivity contribution in [3.05, 3.63) is 71.2 Å². The number of nitrogens with zero attached hydrogens (tertiary/aromatic N) is 1. The Kier molecular flexibility index (Phi) is 5.56. The number of benzene rings is 2. The second-order valence-corrected chi connectivity index (χ2v) is 6.75. The minimum atomic E-state index is -0.770. The van der Waals surface area contributed by atoms with Crippen molar-refractivity contribution < 1.29 is 32.3 Å². The van der Waals surface area contributed by atoms with Gasteiger partial charge < -0.3 is 13.9 Å². The number of ketones is 1. The van der Waals surface area contributed by atoms with E-state index >= 15 is 0 Å². The molecule has 1 aromatic heterocycles. The van der Waals surface area contributed by atoms with Crippen LogP contribution >= 0.6 is 0 Å². The molecule has 1 aliphatic rings. The second kappa shape index (κ2) is 8.44.